The third kappa shape index (κ3) is 2.80. The molecule has 4 rings (SSSR count). The van der Waals surface area contributed by atoms with Gasteiger partial charge in [0.15, 0.2) is 17.9 Å². The number of aryl methyl sites for hydroxylation is 1. The van der Waals surface area contributed by atoms with E-state index in [2.05, 4.69) is 0 Å². The first kappa shape index (κ1) is 16.4. The number of thiophene rings is 1. The molecule has 0 fully saturated rings. The molecule has 1 aliphatic heterocycles. The lowest BCUT2D eigenvalue weighted by Crippen LogP contribution is -2.19. The van der Waals surface area contributed by atoms with Crippen molar-refractivity contribution in [1.29, 1.82) is 0 Å². The minimum atomic E-state index is -1.72. The average Bonchev–Trinajstić information content (AvgIpc) is 2.94. The van der Waals surface area contributed by atoms with E-state index in [4.69, 9.17) is 4.74 Å². The van der Waals surface area contributed by atoms with Gasteiger partial charge in [0, 0.05) is 15.6 Å². The van der Waals surface area contributed by atoms with Crippen LogP contribution < -0.4 is 4.74 Å². The standard InChI is InChI=1S/C19H16F2O3S/c1-9-2-3-10-6-11(7-14(21)17(10)24-9)16-13-5-4-12(20)8-15(13)25-18(16)19(22)23/h4-9,19,22-23H,2-3H2,1H3/t9-/m1/s1. The van der Waals surface area contributed by atoms with E-state index in [-0.39, 0.29) is 16.7 Å². The number of benzene rings is 2. The Labute approximate surface area is 147 Å². The zero-order chi connectivity index (χ0) is 17.7. The number of ether oxygens (including phenoxy) is 1. The fourth-order valence-electron chi connectivity index (χ4n) is 3.30. The molecule has 0 saturated carbocycles. The van der Waals surface area contributed by atoms with E-state index >= 15 is 0 Å². The van der Waals surface area contributed by atoms with Crippen LogP contribution in [0.4, 0.5) is 8.78 Å². The van der Waals surface area contributed by atoms with E-state index in [1.807, 2.05) is 13.0 Å². The summed E-state index contributed by atoms with van der Waals surface area (Å²) in [5, 5.41) is 20.1. The van der Waals surface area contributed by atoms with Crippen LogP contribution in [0.5, 0.6) is 5.75 Å². The third-order valence-corrected chi connectivity index (χ3v) is 5.65. The minimum absolute atomic E-state index is 0.0346. The summed E-state index contributed by atoms with van der Waals surface area (Å²) in [5.41, 5.74) is 1.82. The molecule has 25 heavy (non-hydrogen) atoms. The Morgan fingerprint density at radius 1 is 1.20 bits per heavy atom. The summed E-state index contributed by atoms with van der Waals surface area (Å²) >= 11 is 1.09. The number of hydrogen-bond acceptors (Lipinski definition) is 4. The second kappa shape index (κ2) is 6.05. The molecule has 2 aromatic carbocycles. The normalized spacial score (nSPS) is 17.0. The van der Waals surface area contributed by atoms with E-state index < -0.39 is 17.9 Å². The number of aliphatic hydroxyl groups is 2. The molecule has 1 atom stereocenters. The largest absolute Gasteiger partial charge is 0.487 e. The summed E-state index contributed by atoms with van der Waals surface area (Å²) in [7, 11) is 0. The van der Waals surface area contributed by atoms with Crippen LogP contribution in [0.15, 0.2) is 30.3 Å². The van der Waals surface area contributed by atoms with Crippen LogP contribution in [0.25, 0.3) is 21.2 Å². The topological polar surface area (TPSA) is 49.7 Å². The van der Waals surface area contributed by atoms with Crippen LogP contribution in [0.3, 0.4) is 0 Å². The minimum Gasteiger partial charge on any atom is -0.487 e. The van der Waals surface area contributed by atoms with Crippen LogP contribution >= 0.6 is 11.3 Å². The lowest BCUT2D eigenvalue weighted by molar-refractivity contribution is -0.0390. The lowest BCUT2D eigenvalue weighted by atomic mass is 9.95. The van der Waals surface area contributed by atoms with Crippen molar-refractivity contribution in [2.24, 2.45) is 0 Å². The number of halogens is 2. The van der Waals surface area contributed by atoms with Crippen molar-refractivity contribution in [2.75, 3.05) is 0 Å². The zero-order valence-electron chi connectivity index (χ0n) is 13.4. The van der Waals surface area contributed by atoms with Gasteiger partial charge in [0.05, 0.1) is 11.0 Å². The molecule has 3 aromatic rings. The highest BCUT2D eigenvalue weighted by molar-refractivity contribution is 7.19. The maximum atomic E-state index is 14.6. The predicted molar refractivity (Wildman–Crippen MR) is 92.8 cm³/mol. The first-order valence-electron chi connectivity index (χ1n) is 8.01. The number of fused-ring (bicyclic) bond motifs is 2. The molecule has 1 aromatic heterocycles. The monoisotopic (exact) mass is 362 g/mol. The summed E-state index contributed by atoms with van der Waals surface area (Å²) in [4.78, 5) is 0.269. The third-order valence-electron chi connectivity index (χ3n) is 4.46. The molecule has 3 nitrogen and oxygen atoms in total. The van der Waals surface area contributed by atoms with Crippen LogP contribution in [0.1, 0.15) is 30.1 Å². The van der Waals surface area contributed by atoms with Gasteiger partial charge in [-0.05, 0) is 61.2 Å². The van der Waals surface area contributed by atoms with Crippen molar-refractivity contribution in [2.45, 2.75) is 32.2 Å². The van der Waals surface area contributed by atoms with E-state index in [9.17, 15) is 19.0 Å². The molecule has 1 aliphatic rings. The predicted octanol–water partition coefficient (Wildman–Crippen LogP) is 4.54. The zero-order valence-corrected chi connectivity index (χ0v) is 14.2. The molecule has 0 spiro atoms. The van der Waals surface area contributed by atoms with Crippen molar-refractivity contribution in [1.82, 2.24) is 0 Å². The molecule has 2 N–H and O–H groups in total. The van der Waals surface area contributed by atoms with Gasteiger partial charge in [0.1, 0.15) is 5.82 Å². The molecule has 0 amide bonds. The van der Waals surface area contributed by atoms with Gasteiger partial charge in [-0.3, -0.25) is 0 Å². The smallest absolute Gasteiger partial charge is 0.188 e. The van der Waals surface area contributed by atoms with Crippen molar-refractivity contribution in [3.63, 3.8) is 0 Å². The van der Waals surface area contributed by atoms with Gasteiger partial charge < -0.3 is 14.9 Å². The van der Waals surface area contributed by atoms with E-state index in [0.717, 1.165) is 23.3 Å². The molecule has 0 bridgehead atoms. The maximum Gasteiger partial charge on any atom is 0.188 e. The van der Waals surface area contributed by atoms with Gasteiger partial charge in [-0.2, -0.15) is 0 Å². The van der Waals surface area contributed by atoms with Crippen molar-refractivity contribution in [3.05, 3.63) is 52.4 Å². The van der Waals surface area contributed by atoms with Crippen LogP contribution in [0, 0.1) is 11.6 Å². The van der Waals surface area contributed by atoms with E-state index in [1.165, 1.54) is 18.2 Å². The highest BCUT2D eigenvalue weighted by atomic mass is 32.1. The summed E-state index contributed by atoms with van der Waals surface area (Å²) in [5.74, 6) is -0.614. The Morgan fingerprint density at radius 2 is 2.00 bits per heavy atom. The van der Waals surface area contributed by atoms with Crippen molar-refractivity contribution in [3.8, 4) is 16.9 Å². The van der Waals surface area contributed by atoms with Gasteiger partial charge in [-0.25, -0.2) is 8.78 Å². The van der Waals surface area contributed by atoms with Crippen molar-refractivity contribution < 1.29 is 23.7 Å². The second-order valence-electron chi connectivity index (χ2n) is 6.27. The summed E-state index contributed by atoms with van der Waals surface area (Å²) in [6.45, 7) is 1.90. The quantitative estimate of drug-likeness (QED) is 0.658. The Kier molecular flexibility index (Phi) is 3.98. The van der Waals surface area contributed by atoms with E-state index in [1.54, 1.807) is 6.07 Å². The Hall–Kier alpha value is -2.02. The molecule has 0 aliphatic carbocycles. The van der Waals surface area contributed by atoms with Crippen LogP contribution in [-0.2, 0) is 6.42 Å². The van der Waals surface area contributed by atoms with Gasteiger partial charge in [0.2, 0.25) is 0 Å². The summed E-state index contributed by atoms with van der Waals surface area (Å²) in [6.07, 6.45) is -0.269. The highest BCUT2D eigenvalue weighted by Gasteiger charge is 2.24. The Morgan fingerprint density at radius 3 is 2.76 bits per heavy atom. The molecule has 6 heteroatoms. The molecular formula is C19H16F2O3S. The first-order valence-corrected chi connectivity index (χ1v) is 8.83. The fourth-order valence-corrected chi connectivity index (χ4v) is 4.42. The Bertz CT molecular complexity index is 965. The van der Waals surface area contributed by atoms with Crippen LogP contribution in [0.2, 0.25) is 0 Å². The van der Waals surface area contributed by atoms with E-state index in [0.29, 0.717) is 27.6 Å². The first-order chi connectivity index (χ1) is 11.9. The summed E-state index contributed by atoms with van der Waals surface area (Å²) < 4.78 is 34.3. The maximum absolute atomic E-state index is 14.6. The number of hydrogen-bond donors (Lipinski definition) is 2. The molecule has 130 valence electrons. The highest BCUT2D eigenvalue weighted by Crippen LogP contribution is 2.44. The number of aliphatic hydroxyl groups excluding tert-OH is 1. The Balaban J connectivity index is 1.95. The molecule has 0 unspecified atom stereocenters. The van der Waals surface area contributed by atoms with Crippen molar-refractivity contribution >= 4 is 21.4 Å². The van der Waals surface area contributed by atoms with Gasteiger partial charge in [0.25, 0.3) is 0 Å². The fraction of sp³-hybridized carbons (Fsp3) is 0.263. The molecular weight excluding hydrogens is 346 g/mol. The second-order valence-corrected chi connectivity index (χ2v) is 7.35. The van der Waals surface area contributed by atoms with Gasteiger partial charge in [-0.1, -0.05) is 0 Å². The molecule has 0 radical (unpaired) electrons. The molecule has 0 saturated heterocycles. The van der Waals surface area contributed by atoms with Gasteiger partial charge in [-0.15, -0.1) is 11.3 Å². The molecule has 2 heterocycles. The summed E-state index contributed by atoms with van der Waals surface area (Å²) in [6, 6.07) is 7.40. The SMILES string of the molecule is C[C@@H]1CCc2cc(-c3c(C(O)O)sc4cc(F)ccc34)cc(F)c2O1. The lowest BCUT2D eigenvalue weighted by Gasteiger charge is -2.24. The average molecular weight is 362 g/mol. The van der Waals surface area contributed by atoms with Gasteiger partial charge >= 0.3 is 0 Å². The van der Waals surface area contributed by atoms with Crippen LogP contribution in [-0.4, -0.2) is 16.3 Å². The number of rotatable bonds is 2.